The number of ether oxygens (including phenoxy) is 2. The lowest BCUT2D eigenvalue weighted by atomic mass is 10.1. The van der Waals surface area contributed by atoms with Crippen LogP contribution < -0.4 is 15.0 Å². The number of nitrogens with one attached hydrogen (secondary N) is 1. The zero-order valence-electron chi connectivity index (χ0n) is 15.6. The molecule has 0 radical (unpaired) electrons. The van der Waals surface area contributed by atoms with Gasteiger partial charge in [-0.2, -0.15) is 0 Å². The van der Waals surface area contributed by atoms with Crippen LogP contribution >= 0.6 is 0 Å². The first-order chi connectivity index (χ1) is 13.7. The van der Waals surface area contributed by atoms with Crippen molar-refractivity contribution in [3.63, 3.8) is 0 Å². The molecule has 1 aromatic carbocycles. The third kappa shape index (κ3) is 4.56. The molecular formula is C20H23FN4O3. The number of piperidine rings is 1. The van der Waals surface area contributed by atoms with Gasteiger partial charge in [-0.25, -0.2) is 14.4 Å². The number of hydrogen-bond donors (Lipinski definition) is 1. The van der Waals surface area contributed by atoms with Crippen molar-refractivity contribution in [1.29, 1.82) is 0 Å². The summed E-state index contributed by atoms with van der Waals surface area (Å²) in [5.74, 6) is 0.430. The van der Waals surface area contributed by atoms with Gasteiger partial charge in [-0.05, 0) is 25.0 Å². The van der Waals surface area contributed by atoms with E-state index in [4.69, 9.17) is 14.5 Å². The highest BCUT2D eigenvalue weighted by atomic mass is 19.1. The fourth-order valence-corrected chi connectivity index (χ4v) is 3.52. The Hall–Kier alpha value is -2.74. The molecule has 148 valence electrons. The highest BCUT2D eigenvalue weighted by Gasteiger charge is 2.24. The summed E-state index contributed by atoms with van der Waals surface area (Å²) in [7, 11) is 0. The highest BCUT2D eigenvalue weighted by Crippen LogP contribution is 2.20. The van der Waals surface area contributed by atoms with Crippen molar-refractivity contribution in [3.05, 3.63) is 47.5 Å². The Morgan fingerprint density at radius 2 is 2.36 bits per heavy atom. The van der Waals surface area contributed by atoms with E-state index in [-0.39, 0.29) is 18.6 Å². The minimum atomic E-state index is -0.391. The lowest BCUT2D eigenvalue weighted by Gasteiger charge is -2.33. The molecule has 1 amide bonds. The van der Waals surface area contributed by atoms with Crippen molar-refractivity contribution in [3.8, 4) is 5.75 Å². The van der Waals surface area contributed by atoms with E-state index in [1.807, 2.05) is 6.20 Å². The zero-order valence-corrected chi connectivity index (χ0v) is 15.6. The van der Waals surface area contributed by atoms with E-state index in [2.05, 4.69) is 15.2 Å². The summed E-state index contributed by atoms with van der Waals surface area (Å²) in [5, 5.41) is 2.99. The molecule has 0 saturated carbocycles. The molecule has 0 bridgehead atoms. The van der Waals surface area contributed by atoms with Crippen molar-refractivity contribution >= 4 is 11.9 Å². The molecule has 0 unspecified atom stereocenters. The second-order valence-electron chi connectivity index (χ2n) is 7.04. The molecule has 1 atom stereocenters. The maximum absolute atomic E-state index is 13.2. The average molecular weight is 386 g/mol. The van der Waals surface area contributed by atoms with Crippen molar-refractivity contribution in [2.45, 2.75) is 31.9 Å². The van der Waals surface area contributed by atoms with Gasteiger partial charge in [0.2, 0.25) is 5.95 Å². The topological polar surface area (TPSA) is 76.6 Å². The van der Waals surface area contributed by atoms with Gasteiger partial charge in [0.15, 0.2) is 6.61 Å². The predicted octanol–water partition coefficient (Wildman–Crippen LogP) is 1.85. The Morgan fingerprint density at radius 1 is 1.43 bits per heavy atom. The van der Waals surface area contributed by atoms with Crippen LogP contribution in [0.5, 0.6) is 5.75 Å². The van der Waals surface area contributed by atoms with Crippen LogP contribution in [0.1, 0.15) is 24.1 Å². The quantitative estimate of drug-likeness (QED) is 0.845. The van der Waals surface area contributed by atoms with Crippen LogP contribution in [0, 0.1) is 5.82 Å². The van der Waals surface area contributed by atoms with Crippen LogP contribution in [0.4, 0.5) is 10.3 Å². The third-order valence-electron chi connectivity index (χ3n) is 4.92. The first-order valence-corrected chi connectivity index (χ1v) is 9.52. The Balaban J connectivity index is 1.31. The Kier molecular flexibility index (Phi) is 5.66. The molecule has 2 aliphatic rings. The number of fused-ring (bicyclic) bond motifs is 1. The number of rotatable bonds is 5. The van der Waals surface area contributed by atoms with Gasteiger partial charge >= 0.3 is 0 Å². The Bertz CT molecular complexity index is 848. The summed E-state index contributed by atoms with van der Waals surface area (Å²) in [5.41, 5.74) is 2.09. The summed E-state index contributed by atoms with van der Waals surface area (Å²) in [6.07, 6.45) is 4.47. The van der Waals surface area contributed by atoms with E-state index in [9.17, 15) is 9.18 Å². The highest BCUT2D eigenvalue weighted by molar-refractivity contribution is 5.78. The van der Waals surface area contributed by atoms with E-state index in [1.54, 1.807) is 12.1 Å². The standard InChI is InChI=1S/C20H23FN4O3/c21-15-3-1-5-17(9-15)28-13-19(26)23-16-4-2-7-25(11-16)20-22-10-14-12-27-8-6-18(14)24-20/h1,3,5,9-10,16H,2,4,6-8,11-13H2,(H,23,26)/t16-/m0/s1. The number of anilines is 1. The average Bonchev–Trinajstić information content (AvgIpc) is 2.72. The zero-order chi connectivity index (χ0) is 19.3. The maximum atomic E-state index is 13.2. The number of carbonyl (C=O) groups excluding carboxylic acids is 1. The van der Waals surface area contributed by atoms with Crippen LogP contribution in [0.3, 0.4) is 0 Å². The minimum Gasteiger partial charge on any atom is -0.484 e. The molecule has 1 fully saturated rings. The summed E-state index contributed by atoms with van der Waals surface area (Å²) < 4.78 is 24.0. The lowest BCUT2D eigenvalue weighted by Crippen LogP contribution is -2.49. The molecular weight excluding hydrogens is 363 g/mol. The number of halogens is 1. The number of amides is 1. The van der Waals surface area contributed by atoms with E-state index in [0.29, 0.717) is 31.5 Å². The van der Waals surface area contributed by atoms with Crippen molar-refractivity contribution in [2.75, 3.05) is 31.2 Å². The number of hydrogen-bond acceptors (Lipinski definition) is 6. The molecule has 2 aliphatic heterocycles. The molecule has 1 saturated heterocycles. The van der Waals surface area contributed by atoms with Crippen LogP contribution in [0.25, 0.3) is 0 Å². The van der Waals surface area contributed by atoms with Gasteiger partial charge < -0.3 is 19.7 Å². The van der Waals surface area contributed by atoms with E-state index < -0.39 is 5.82 Å². The lowest BCUT2D eigenvalue weighted by molar-refractivity contribution is -0.123. The van der Waals surface area contributed by atoms with E-state index in [0.717, 1.165) is 37.1 Å². The second-order valence-corrected chi connectivity index (χ2v) is 7.04. The van der Waals surface area contributed by atoms with Crippen LogP contribution in [-0.2, 0) is 22.6 Å². The summed E-state index contributed by atoms with van der Waals surface area (Å²) >= 11 is 0. The molecule has 4 rings (SSSR count). The number of nitrogens with zero attached hydrogens (tertiary/aromatic N) is 3. The molecule has 2 aromatic rings. The van der Waals surface area contributed by atoms with Crippen molar-refractivity contribution in [1.82, 2.24) is 15.3 Å². The molecule has 1 N–H and O–H groups in total. The number of benzene rings is 1. The minimum absolute atomic E-state index is 0.000301. The summed E-state index contributed by atoms with van der Waals surface area (Å²) in [6.45, 7) is 2.63. The van der Waals surface area contributed by atoms with Gasteiger partial charge in [0, 0.05) is 43.4 Å². The van der Waals surface area contributed by atoms with Crippen LogP contribution in [-0.4, -0.2) is 48.2 Å². The van der Waals surface area contributed by atoms with Gasteiger partial charge in [-0.15, -0.1) is 0 Å². The normalized spacial score (nSPS) is 19.0. The van der Waals surface area contributed by atoms with Gasteiger partial charge in [-0.3, -0.25) is 4.79 Å². The third-order valence-corrected chi connectivity index (χ3v) is 4.92. The fraction of sp³-hybridized carbons (Fsp3) is 0.450. The first kappa shape index (κ1) is 18.6. The van der Waals surface area contributed by atoms with Gasteiger partial charge in [0.05, 0.1) is 18.9 Å². The molecule has 3 heterocycles. The fourth-order valence-electron chi connectivity index (χ4n) is 3.52. The Labute approximate surface area is 162 Å². The molecule has 0 aliphatic carbocycles. The predicted molar refractivity (Wildman–Crippen MR) is 101 cm³/mol. The summed E-state index contributed by atoms with van der Waals surface area (Å²) in [4.78, 5) is 23.5. The molecule has 0 spiro atoms. The van der Waals surface area contributed by atoms with E-state index in [1.165, 1.54) is 12.1 Å². The number of carbonyl (C=O) groups is 1. The Morgan fingerprint density at radius 3 is 3.25 bits per heavy atom. The first-order valence-electron chi connectivity index (χ1n) is 9.52. The van der Waals surface area contributed by atoms with E-state index >= 15 is 0 Å². The molecule has 8 heteroatoms. The van der Waals surface area contributed by atoms with Crippen molar-refractivity contribution in [2.24, 2.45) is 0 Å². The van der Waals surface area contributed by atoms with Gasteiger partial charge in [0.1, 0.15) is 11.6 Å². The van der Waals surface area contributed by atoms with Crippen molar-refractivity contribution < 1.29 is 18.7 Å². The number of aromatic nitrogens is 2. The van der Waals surface area contributed by atoms with Crippen LogP contribution in [0.2, 0.25) is 0 Å². The van der Waals surface area contributed by atoms with Gasteiger partial charge in [-0.1, -0.05) is 6.07 Å². The van der Waals surface area contributed by atoms with Gasteiger partial charge in [0.25, 0.3) is 5.91 Å². The molecule has 1 aromatic heterocycles. The summed E-state index contributed by atoms with van der Waals surface area (Å²) in [6, 6.07) is 5.76. The van der Waals surface area contributed by atoms with Crippen LogP contribution in [0.15, 0.2) is 30.5 Å². The maximum Gasteiger partial charge on any atom is 0.258 e. The smallest absolute Gasteiger partial charge is 0.258 e. The molecule has 28 heavy (non-hydrogen) atoms. The second kappa shape index (κ2) is 8.52. The SMILES string of the molecule is O=C(COc1cccc(F)c1)N[C@H]1CCCN(c2ncc3c(n2)CCOC3)C1. The largest absolute Gasteiger partial charge is 0.484 e. The monoisotopic (exact) mass is 386 g/mol. The molecule has 7 nitrogen and oxygen atoms in total.